The monoisotopic (exact) mass is 381 g/mol. The first-order valence-electron chi connectivity index (χ1n) is 9.10. The van der Waals surface area contributed by atoms with Crippen molar-refractivity contribution in [2.75, 3.05) is 0 Å². The van der Waals surface area contributed by atoms with Crippen molar-refractivity contribution in [3.05, 3.63) is 64.9 Å². The number of aromatic nitrogens is 2. The minimum atomic E-state index is -2.81. The molecule has 0 N–H and O–H groups in total. The molecule has 0 saturated heterocycles. The molecule has 2 aromatic rings. The Bertz CT molecular complexity index is 1100. The van der Waals surface area contributed by atoms with Gasteiger partial charge in [0.2, 0.25) is 0 Å². The largest absolute Gasteiger partial charge is 0.296 e. The average Bonchev–Trinajstić information content (AvgIpc) is 2.77. The Morgan fingerprint density at radius 1 is 1.46 bits per heavy atom. The summed E-state index contributed by atoms with van der Waals surface area (Å²) >= 11 is 0. The lowest BCUT2D eigenvalue weighted by Crippen LogP contribution is -2.31. The van der Waals surface area contributed by atoms with Crippen LogP contribution in [0.4, 0.5) is 8.78 Å². The van der Waals surface area contributed by atoms with Gasteiger partial charge in [-0.1, -0.05) is 25.5 Å². The Balaban J connectivity index is 2.06. The first kappa shape index (κ1) is 19.7. The van der Waals surface area contributed by atoms with Crippen molar-refractivity contribution < 1.29 is 8.78 Å². The van der Waals surface area contributed by atoms with Gasteiger partial charge in [0.15, 0.2) is 0 Å². The minimum Gasteiger partial charge on any atom is -0.296 e. The van der Waals surface area contributed by atoms with Crippen molar-refractivity contribution in [3.63, 3.8) is 0 Å². The van der Waals surface area contributed by atoms with Gasteiger partial charge in [-0.15, -0.1) is 0 Å². The Hall–Kier alpha value is -3.07. The topological polar surface area (TPSA) is 47.2 Å². The number of rotatable bonds is 2. The van der Waals surface area contributed by atoms with Crippen LogP contribution in [0.5, 0.6) is 0 Å². The van der Waals surface area contributed by atoms with Crippen molar-refractivity contribution in [1.29, 1.82) is 0 Å². The molecule has 0 aliphatic carbocycles. The number of benzene rings is 1. The maximum atomic E-state index is 14.1. The SMILES string of the molecule is C=CN=C(C#Cc1ccc2c(=O)n3c(nc2c1)CCC(F)(F)C(C)C3)/C=C\C. The highest BCUT2D eigenvalue weighted by molar-refractivity contribution is 6.09. The Morgan fingerprint density at radius 3 is 2.96 bits per heavy atom. The second kappa shape index (κ2) is 7.89. The van der Waals surface area contributed by atoms with E-state index in [1.165, 1.54) is 17.7 Å². The zero-order valence-electron chi connectivity index (χ0n) is 15.9. The van der Waals surface area contributed by atoms with E-state index in [1.54, 1.807) is 24.3 Å². The molecule has 1 atom stereocenters. The van der Waals surface area contributed by atoms with E-state index in [4.69, 9.17) is 0 Å². The Kier molecular flexibility index (Phi) is 5.55. The molecule has 4 nitrogen and oxygen atoms in total. The molecule has 1 aliphatic rings. The molecule has 0 bridgehead atoms. The van der Waals surface area contributed by atoms with Gasteiger partial charge in [0, 0.05) is 37.1 Å². The van der Waals surface area contributed by atoms with Crippen molar-refractivity contribution in [1.82, 2.24) is 9.55 Å². The molecule has 1 aromatic carbocycles. The summed E-state index contributed by atoms with van der Waals surface area (Å²) in [5.74, 6) is 2.60. The van der Waals surface area contributed by atoms with Crippen LogP contribution >= 0.6 is 0 Å². The standard InChI is InChI=1S/C22H21F2N3O/c1-4-6-17(25-5-2)9-7-16-8-10-18-19(13-16)26-20-11-12-22(23,24)15(3)14-27(20)21(18)28/h4-6,8,10,13,15H,2,11-12,14H2,1,3H3/b6-4-,25-17?. The molecule has 28 heavy (non-hydrogen) atoms. The molecule has 0 radical (unpaired) electrons. The molecule has 144 valence electrons. The van der Waals surface area contributed by atoms with E-state index in [0.29, 0.717) is 28.0 Å². The number of aliphatic imine (C=N–C) groups is 1. The highest BCUT2D eigenvalue weighted by atomic mass is 19.3. The second-order valence-electron chi connectivity index (χ2n) is 6.78. The van der Waals surface area contributed by atoms with Crippen molar-refractivity contribution in [2.45, 2.75) is 39.2 Å². The molecule has 6 heteroatoms. The predicted molar refractivity (Wildman–Crippen MR) is 108 cm³/mol. The first-order chi connectivity index (χ1) is 13.4. The molecule has 1 aliphatic heterocycles. The summed E-state index contributed by atoms with van der Waals surface area (Å²) in [5, 5.41) is 0.403. The molecule has 0 amide bonds. The van der Waals surface area contributed by atoms with Crippen LogP contribution in [0.1, 0.15) is 31.7 Å². The van der Waals surface area contributed by atoms with Gasteiger partial charge in [-0.05, 0) is 37.1 Å². The van der Waals surface area contributed by atoms with Gasteiger partial charge in [-0.25, -0.2) is 18.8 Å². The maximum absolute atomic E-state index is 14.1. The fourth-order valence-electron chi connectivity index (χ4n) is 3.17. The highest BCUT2D eigenvalue weighted by Crippen LogP contribution is 2.33. The summed E-state index contributed by atoms with van der Waals surface area (Å²) in [5.41, 5.74) is 1.41. The van der Waals surface area contributed by atoms with Gasteiger partial charge in [-0.2, -0.15) is 0 Å². The number of halogens is 2. The summed E-state index contributed by atoms with van der Waals surface area (Å²) in [4.78, 5) is 21.4. The number of allylic oxidation sites excluding steroid dienone is 2. The molecule has 0 saturated carbocycles. The number of alkyl halides is 2. The van der Waals surface area contributed by atoms with Gasteiger partial charge in [0.05, 0.1) is 10.9 Å². The van der Waals surface area contributed by atoms with E-state index in [2.05, 4.69) is 28.4 Å². The van der Waals surface area contributed by atoms with Crippen LogP contribution in [0.2, 0.25) is 0 Å². The molecular formula is C22H21F2N3O. The van der Waals surface area contributed by atoms with Gasteiger partial charge in [0.1, 0.15) is 11.5 Å². The predicted octanol–water partition coefficient (Wildman–Crippen LogP) is 4.13. The van der Waals surface area contributed by atoms with E-state index in [1.807, 2.05) is 13.0 Å². The normalized spacial score (nSPS) is 19.0. The van der Waals surface area contributed by atoms with Crippen LogP contribution in [0.25, 0.3) is 10.9 Å². The lowest BCUT2D eigenvalue weighted by molar-refractivity contribution is -0.0593. The number of nitrogens with zero attached hydrogens (tertiary/aromatic N) is 3. The molecule has 1 aromatic heterocycles. The van der Waals surface area contributed by atoms with Crippen LogP contribution in [0.3, 0.4) is 0 Å². The smallest absolute Gasteiger partial charge is 0.261 e. The third-order valence-electron chi connectivity index (χ3n) is 4.78. The zero-order chi connectivity index (χ0) is 20.3. The second-order valence-corrected chi connectivity index (χ2v) is 6.78. The zero-order valence-corrected chi connectivity index (χ0v) is 15.9. The van der Waals surface area contributed by atoms with Gasteiger partial charge in [0.25, 0.3) is 11.5 Å². The summed E-state index contributed by atoms with van der Waals surface area (Å²) in [6, 6.07) is 5.08. The maximum Gasteiger partial charge on any atom is 0.261 e. The van der Waals surface area contributed by atoms with E-state index >= 15 is 0 Å². The molecule has 3 rings (SSSR count). The third-order valence-corrected chi connectivity index (χ3v) is 4.78. The Morgan fingerprint density at radius 2 is 2.25 bits per heavy atom. The van der Waals surface area contributed by atoms with Crippen molar-refractivity contribution in [3.8, 4) is 11.8 Å². The van der Waals surface area contributed by atoms with Crippen LogP contribution in [0, 0.1) is 17.8 Å². The van der Waals surface area contributed by atoms with Crippen LogP contribution in [-0.4, -0.2) is 21.2 Å². The summed E-state index contributed by atoms with van der Waals surface area (Å²) < 4.78 is 29.6. The number of fused-ring (bicyclic) bond motifs is 2. The molecule has 1 unspecified atom stereocenters. The fourth-order valence-corrected chi connectivity index (χ4v) is 3.17. The van der Waals surface area contributed by atoms with E-state index in [9.17, 15) is 13.6 Å². The lowest BCUT2D eigenvalue weighted by Gasteiger charge is -2.20. The number of aryl methyl sites for hydroxylation is 1. The molecule has 0 fully saturated rings. The lowest BCUT2D eigenvalue weighted by atomic mass is 10.0. The summed E-state index contributed by atoms with van der Waals surface area (Å²) in [6.07, 6.45) is 4.76. The summed E-state index contributed by atoms with van der Waals surface area (Å²) in [7, 11) is 0. The van der Waals surface area contributed by atoms with Crippen LogP contribution in [0.15, 0.2) is 52.9 Å². The number of hydrogen-bond donors (Lipinski definition) is 0. The third kappa shape index (κ3) is 3.94. The number of hydrogen-bond acceptors (Lipinski definition) is 3. The van der Waals surface area contributed by atoms with Gasteiger partial charge < -0.3 is 0 Å². The minimum absolute atomic E-state index is 0.0314. The highest BCUT2D eigenvalue weighted by Gasteiger charge is 2.39. The quantitative estimate of drug-likeness (QED) is 0.580. The summed E-state index contributed by atoms with van der Waals surface area (Å²) in [6.45, 7) is 6.87. The Labute approximate surface area is 162 Å². The fraction of sp³-hybridized carbons (Fsp3) is 0.318. The first-order valence-corrected chi connectivity index (χ1v) is 9.10. The van der Waals surface area contributed by atoms with Crippen molar-refractivity contribution in [2.24, 2.45) is 10.9 Å². The van der Waals surface area contributed by atoms with Gasteiger partial charge in [-0.3, -0.25) is 9.36 Å². The van der Waals surface area contributed by atoms with E-state index in [-0.39, 0.29) is 24.9 Å². The van der Waals surface area contributed by atoms with Crippen molar-refractivity contribution >= 4 is 16.6 Å². The van der Waals surface area contributed by atoms with Gasteiger partial charge >= 0.3 is 0 Å². The van der Waals surface area contributed by atoms with Crippen LogP contribution < -0.4 is 5.56 Å². The average molecular weight is 381 g/mol. The molecule has 2 heterocycles. The molecule has 0 spiro atoms. The van der Waals surface area contributed by atoms with Crippen LogP contribution in [-0.2, 0) is 13.0 Å². The molecular weight excluding hydrogens is 360 g/mol. The van der Waals surface area contributed by atoms with E-state index < -0.39 is 11.8 Å². The van der Waals surface area contributed by atoms with E-state index in [0.717, 1.165) is 0 Å².